The fourth-order valence-electron chi connectivity index (χ4n) is 1.68. The van der Waals surface area contributed by atoms with E-state index in [1.807, 2.05) is 14.0 Å². The van der Waals surface area contributed by atoms with E-state index < -0.39 is 5.97 Å². The van der Waals surface area contributed by atoms with Gasteiger partial charge in [-0.2, -0.15) is 0 Å². The maximum atomic E-state index is 11.1. The lowest BCUT2D eigenvalue weighted by molar-refractivity contribution is 0.0698. The van der Waals surface area contributed by atoms with Crippen LogP contribution in [0.25, 0.3) is 0 Å². The van der Waals surface area contributed by atoms with E-state index in [0.717, 1.165) is 5.82 Å². The molecular formula is C11H13N5O2. The van der Waals surface area contributed by atoms with Crippen molar-refractivity contribution in [3.63, 3.8) is 0 Å². The number of carbonyl (C=O) groups is 1. The molecular weight excluding hydrogens is 234 g/mol. The van der Waals surface area contributed by atoms with Crippen molar-refractivity contribution in [1.29, 1.82) is 0 Å². The highest BCUT2D eigenvalue weighted by Gasteiger charge is 2.15. The van der Waals surface area contributed by atoms with Gasteiger partial charge in [0.2, 0.25) is 0 Å². The Morgan fingerprint density at radius 2 is 2.33 bits per heavy atom. The predicted molar refractivity (Wildman–Crippen MR) is 64.2 cm³/mol. The molecule has 18 heavy (non-hydrogen) atoms. The van der Waals surface area contributed by atoms with Gasteiger partial charge in [-0.05, 0) is 13.0 Å². The van der Waals surface area contributed by atoms with Crippen LogP contribution in [0.2, 0.25) is 0 Å². The molecule has 2 aromatic heterocycles. The second-order valence-electron chi connectivity index (χ2n) is 3.89. The summed E-state index contributed by atoms with van der Waals surface area (Å²) in [6.45, 7) is 1.88. The van der Waals surface area contributed by atoms with Crippen LogP contribution in [0.5, 0.6) is 0 Å². The van der Waals surface area contributed by atoms with Gasteiger partial charge in [0.15, 0.2) is 5.82 Å². The molecule has 0 saturated heterocycles. The van der Waals surface area contributed by atoms with Crippen molar-refractivity contribution in [1.82, 2.24) is 19.7 Å². The molecule has 2 rings (SSSR count). The van der Waals surface area contributed by atoms with Gasteiger partial charge in [0.05, 0.1) is 23.5 Å². The molecule has 94 valence electrons. The van der Waals surface area contributed by atoms with Crippen molar-refractivity contribution >= 4 is 11.7 Å². The molecule has 2 heterocycles. The Bertz CT molecular complexity index is 566. The predicted octanol–water partition coefficient (Wildman–Crippen LogP) is 1.08. The maximum absolute atomic E-state index is 11.1. The zero-order valence-corrected chi connectivity index (χ0v) is 10.0. The van der Waals surface area contributed by atoms with Crippen LogP contribution in [-0.4, -0.2) is 30.8 Å². The molecule has 0 radical (unpaired) electrons. The van der Waals surface area contributed by atoms with Crippen molar-refractivity contribution in [2.45, 2.75) is 13.0 Å². The molecule has 7 heteroatoms. The first-order chi connectivity index (χ1) is 8.59. The number of nitrogens with zero attached hydrogens (tertiary/aromatic N) is 4. The quantitative estimate of drug-likeness (QED) is 0.839. The molecule has 0 aliphatic rings. The Kier molecular flexibility index (Phi) is 3.22. The minimum Gasteiger partial charge on any atom is -0.478 e. The van der Waals surface area contributed by atoms with Crippen molar-refractivity contribution in [3.05, 3.63) is 36.2 Å². The van der Waals surface area contributed by atoms with Gasteiger partial charge >= 0.3 is 5.97 Å². The van der Waals surface area contributed by atoms with E-state index in [4.69, 9.17) is 5.11 Å². The molecule has 1 unspecified atom stereocenters. The lowest BCUT2D eigenvalue weighted by Gasteiger charge is -2.15. The molecule has 0 amide bonds. The van der Waals surface area contributed by atoms with Gasteiger partial charge < -0.3 is 15.0 Å². The number of aromatic carboxylic acids is 1. The SMILES string of the molecule is CC(Nc1cnccc1C(=O)O)c1nncn1C. The Labute approximate surface area is 104 Å². The first kappa shape index (κ1) is 12.0. The summed E-state index contributed by atoms with van der Waals surface area (Å²) in [6, 6.07) is 1.29. The lowest BCUT2D eigenvalue weighted by atomic mass is 10.2. The van der Waals surface area contributed by atoms with Crippen molar-refractivity contribution in [3.8, 4) is 0 Å². The molecule has 0 spiro atoms. The molecule has 0 bridgehead atoms. The monoisotopic (exact) mass is 247 g/mol. The van der Waals surface area contributed by atoms with E-state index >= 15 is 0 Å². The maximum Gasteiger partial charge on any atom is 0.337 e. The number of rotatable bonds is 4. The number of pyridine rings is 1. The molecule has 7 nitrogen and oxygen atoms in total. The zero-order chi connectivity index (χ0) is 13.1. The minimum atomic E-state index is -0.995. The first-order valence-electron chi connectivity index (χ1n) is 5.37. The van der Waals surface area contributed by atoms with E-state index in [0.29, 0.717) is 5.69 Å². The Balaban J connectivity index is 2.25. The summed E-state index contributed by atoms with van der Waals surface area (Å²) in [7, 11) is 1.83. The fraction of sp³-hybridized carbons (Fsp3) is 0.273. The van der Waals surface area contributed by atoms with Gasteiger partial charge in [-0.3, -0.25) is 4.98 Å². The third kappa shape index (κ3) is 2.29. The van der Waals surface area contributed by atoms with Gasteiger partial charge in [-0.1, -0.05) is 0 Å². The summed E-state index contributed by atoms with van der Waals surface area (Å²) in [4.78, 5) is 15.0. The zero-order valence-electron chi connectivity index (χ0n) is 10.0. The standard InChI is InChI=1S/C11H13N5O2/c1-7(10-15-13-6-16(10)2)14-9-5-12-4-3-8(9)11(17)18/h3-7,14H,1-2H3,(H,17,18). The van der Waals surface area contributed by atoms with Crippen molar-refractivity contribution < 1.29 is 9.90 Å². The average Bonchev–Trinajstić information content (AvgIpc) is 2.76. The second kappa shape index (κ2) is 4.82. The average molecular weight is 247 g/mol. The number of carboxylic acid groups (broad SMARTS) is 1. The highest BCUT2D eigenvalue weighted by Crippen LogP contribution is 2.20. The van der Waals surface area contributed by atoms with E-state index in [1.165, 1.54) is 18.5 Å². The van der Waals surface area contributed by atoms with Gasteiger partial charge in [-0.25, -0.2) is 4.79 Å². The molecule has 0 aromatic carbocycles. The Morgan fingerprint density at radius 3 is 2.94 bits per heavy atom. The molecule has 0 fully saturated rings. The van der Waals surface area contributed by atoms with E-state index in [2.05, 4.69) is 20.5 Å². The number of hydrogen-bond donors (Lipinski definition) is 2. The largest absolute Gasteiger partial charge is 0.478 e. The molecule has 2 N–H and O–H groups in total. The second-order valence-corrected chi connectivity index (χ2v) is 3.89. The molecule has 2 aromatic rings. The van der Waals surface area contributed by atoms with E-state index in [1.54, 1.807) is 10.9 Å². The van der Waals surface area contributed by atoms with Crippen LogP contribution in [0.1, 0.15) is 29.1 Å². The summed E-state index contributed by atoms with van der Waals surface area (Å²) in [5, 5.41) is 19.9. The van der Waals surface area contributed by atoms with Crippen LogP contribution in [0.4, 0.5) is 5.69 Å². The summed E-state index contributed by atoms with van der Waals surface area (Å²) in [5.74, 6) is -0.278. The number of hydrogen-bond acceptors (Lipinski definition) is 5. The van der Waals surface area contributed by atoms with Crippen LogP contribution in [0.3, 0.4) is 0 Å². The van der Waals surface area contributed by atoms with Crippen LogP contribution in [0, 0.1) is 0 Å². The van der Waals surface area contributed by atoms with Gasteiger partial charge in [0.1, 0.15) is 6.33 Å². The summed E-state index contributed by atoms with van der Waals surface area (Å²) in [6.07, 6.45) is 4.52. The van der Waals surface area contributed by atoms with Crippen molar-refractivity contribution in [2.24, 2.45) is 7.05 Å². The van der Waals surface area contributed by atoms with Gasteiger partial charge in [0, 0.05) is 13.2 Å². The molecule has 0 aliphatic carbocycles. The highest BCUT2D eigenvalue weighted by atomic mass is 16.4. The number of anilines is 1. The number of nitrogens with one attached hydrogen (secondary N) is 1. The van der Waals surface area contributed by atoms with Crippen LogP contribution in [-0.2, 0) is 7.05 Å². The molecule has 0 aliphatic heterocycles. The van der Waals surface area contributed by atoms with Gasteiger partial charge in [-0.15, -0.1) is 10.2 Å². The number of aryl methyl sites for hydroxylation is 1. The third-order valence-electron chi connectivity index (χ3n) is 2.56. The normalized spacial score (nSPS) is 12.1. The number of carboxylic acids is 1. The number of aromatic nitrogens is 4. The lowest BCUT2D eigenvalue weighted by Crippen LogP contribution is -2.14. The van der Waals surface area contributed by atoms with E-state index in [9.17, 15) is 4.79 Å². The van der Waals surface area contributed by atoms with E-state index in [-0.39, 0.29) is 11.6 Å². The first-order valence-corrected chi connectivity index (χ1v) is 5.37. The molecule has 0 saturated carbocycles. The van der Waals surface area contributed by atoms with Crippen LogP contribution < -0.4 is 5.32 Å². The summed E-state index contributed by atoms with van der Waals surface area (Å²) >= 11 is 0. The van der Waals surface area contributed by atoms with Crippen LogP contribution >= 0.6 is 0 Å². The fourth-order valence-corrected chi connectivity index (χ4v) is 1.68. The van der Waals surface area contributed by atoms with Crippen molar-refractivity contribution in [2.75, 3.05) is 5.32 Å². The topological polar surface area (TPSA) is 92.9 Å². The summed E-state index contributed by atoms with van der Waals surface area (Å²) < 4.78 is 1.77. The summed E-state index contributed by atoms with van der Waals surface area (Å²) in [5.41, 5.74) is 0.638. The minimum absolute atomic E-state index is 0.167. The highest BCUT2D eigenvalue weighted by molar-refractivity contribution is 5.93. The third-order valence-corrected chi connectivity index (χ3v) is 2.56. The smallest absolute Gasteiger partial charge is 0.337 e. The van der Waals surface area contributed by atoms with Gasteiger partial charge in [0.25, 0.3) is 0 Å². The Hall–Kier alpha value is -2.44. The molecule has 1 atom stereocenters. The Morgan fingerprint density at radius 1 is 1.56 bits per heavy atom. The van der Waals surface area contributed by atoms with Crippen LogP contribution in [0.15, 0.2) is 24.8 Å².